The molecule has 3 atom stereocenters. The van der Waals surface area contributed by atoms with Gasteiger partial charge in [-0.1, -0.05) is 34.6 Å². The predicted molar refractivity (Wildman–Crippen MR) is 127 cm³/mol. The molecule has 0 amide bonds. The highest BCUT2D eigenvalue weighted by Gasteiger charge is 2.85. The zero-order valence-electron chi connectivity index (χ0n) is 23.5. The Morgan fingerprint density at radius 2 is 0.941 bits per heavy atom. The maximum Gasteiger partial charge on any atom is 0.462 e. The van der Waals surface area contributed by atoms with Crippen LogP contribution < -0.4 is 0 Å². The van der Waals surface area contributed by atoms with Crippen molar-refractivity contribution in [2.75, 3.05) is 20.5 Å². The van der Waals surface area contributed by atoms with Gasteiger partial charge in [0.1, 0.15) is 0 Å². The highest BCUT2D eigenvalue weighted by molar-refractivity contribution is 4.95. The molecule has 51 heavy (non-hydrogen) atoms. The lowest BCUT2D eigenvalue weighted by atomic mass is 10.2. The molecule has 0 aliphatic carbocycles. The van der Waals surface area contributed by atoms with E-state index in [0.29, 0.717) is 7.18 Å². The van der Waals surface area contributed by atoms with E-state index < -0.39 is 79.9 Å². The van der Waals surface area contributed by atoms with Gasteiger partial charge in [0.25, 0.3) is 0 Å². The van der Waals surface area contributed by atoms with E-state index in [0.717, 1.165) is 13.2 Å². The molecule has 0 saturated carbocycles. The number of ether oxygens (including phenoxy) is 4. The third-order valence-electron chi connectivity index (χ3n) is 4.13. The molecule has 0 spiro atoms. The lowest BCUT2D eigenvalue weighted by Crippen LogP contribution is -2.67. The number of rotatable bonds is 13. The molecular formula is C23H28F24O4. The third kappa shape index (κ3) is 17.4. The molecule has 0 saturated heterocycles. The van der Waals surface area contributed by atoms with E-state index in [-0.39, 0.29) is 27.2 Å². The van der Waals surface area contributed by atoms with Crippen molar-refractivity contribution < 1.29 is 124 Å². The van der Waals surface area contributed by atoms with Gasteiger partial charge >= 0.3 is 60.5 Å². The van der Waals surface area contributed by atoms with Gasteiger partial charge in [0, 0.05) is 6.08 Å². The quantitative estimate of drug-likeness (QED) is 0.105. The monoisotopic (exact) mass is 824 g/mol. The fourth-order valence-corrected chi connectivity index (χ4v) is 1.64. The molecule has 0 aliphatic rings. The Morgan fingerprint density at radius 1 is 0.569 bits per heavy atom. The second-order valence-electron chi connectivity index (χ2n) is 7.69. The standard InChI is InChI=1S/C11H5F17O3.C6H9F3O.C3H3F3.CH3F.2CH4/c1-2-29-3-4(12,7(16,17)18)30-11(27,28)6(15,9(22,23)24)31-10(25,26)5(13,14)8(19,20)21;1-3-10-5(2)6(8,9)4-7;1-2-3(4,5)6;1-2;;/h2H,1,3H2;3,5H,1,4H2,2H3;2H,1H2;1H3;2*1H4. The summed E-state index contributed by atoms with van der Waals surface area (Å²) in [6.07, 6.45) is -42.7. The first-order valence-corrected chi connectivity index (χ1v) is 11.0. The van der Waals surface area contributed by atoms with Crippen molar-refractivity contribution in [2.24, 2.45) is 0 Å². The first-order chi connectivity index (χ1) is 21.3. The third-order valence-corrected chi connectivity index (χ3v) is 4.13. The van der Waals surface area contributed by atoms with Crippen LogP contribution in [0.2, 0.25) is 0 Å². The van der Waals surface area contributed by atoms with Crippen molar-refractivity contribution in [3.63, 3.8) is 0 Å². The summed E-state index contributed by atoms with van der Waals surface area (Å²) in [4.78, 5) is 0. The molecule has 0 N–H and O–H groups in total. The Kier molecular flexibility index (Phi) is 24.7. The van der Waals surface area contributed by atoms with Gasteiger partial charge in [-0.2, -0.15) is 96.6 Å². The number of alkyl halides is 24. The summed E-state index contributed by atoms with van der Waals surface area (Å²) in [6, 6.07) is 0. The van der Waals surface area contributed by atoms with E-state index in [4.69, 9.17) is 0 Å². The maximum atomic E-state index is 13.7. The van der Waals surface area contributed by atoms with Crippen molar-refractivity contribution >= 4 is 0 Å². The maximum absolute atomic E-state index is 13.7. The van der Waals surface area contributed by atoms with Crippen LogP contribution in [-0.4, -0.2) is 87.0 Å². The van der Waals surface area contributed by atoms with Crippen LogP contribution in [0.5, 0.6) is 0 Å². The molecule has 28 heteroatoms. The Balaban J connectivity index is -0.000000208. The summed E-state index contributed by atoms with van der Waals surface area (Å²) in [7, 11) is 0.500. The summed E-state index contributed by atoms with van der Waals surface area (Å²) in [5.41, 5.74) is 0. The van der Waals surface area contributed by atoms with E-state index in [2.05, 4.69) is 29.2 Å². The summed E-state index contributed by atoms with van der Waals surface area (Å²) < 4.78 is 305. The molecule has 0 aromatic rings. The highest BCUT2D eigenvalue weighted by atomic mass is 19.4. The van der Waals surface area contributed by atoms with Crippen LogP contribution in [0.25, 0.3) is 0 Å². The largest absolute Gasteiger partial charge is 0.495 e. The normalized spacial score (nSPS) is 15.7. The minimum Gasteiger partial charge on any atom is -0.495 e. The Hall–Kier alpha value is -2.94. The van der Waals surface area contributed by atoms with Crippen LogP contribution in [-0.2, 0) is 18.9 Å². The molecule has 0 heterocycles. The van der Waals surface area contributed by atoms with Crippen molar-refractivity contribution in [1.29, 1.82) is 0 Å². The van der Waals surface area contributed by atoms with Gasteiger partial charge in [-0.3, -0.25) is 13.9 Å². The molecule has 0 aliphatic heterocycles. The van der Waals surface area contributed by atoms with Gasteiger partial charge in [0.05, 0.1) is 19.7 Å². The fourth-order valence-electron chi connectivity index (χ4n) is 1.64. The number of halogens is 24. The molecule has 0 aromatic heterocycles. The average molecular weight is 824 g/mol. The Morgan fingerprint density at radius 3 is 1.18 bits per heavy atom. The first-order valence-electron chi connectivity index (χ1n) is 11.0. The molecule has 0 aromatic carbocycles. The van der Waals surface area contributed by atoms with E-state index in [1.165, 1.54) is 4.74 Å². The topological polar surface area (TPSA) is 36.9 Å². The number of hydrogen-bond acceptors (Lipinski definition) is 4. The van der Waals surface area contributed by atoms with Crippen LogP contribution in [0, 0.1) is 0 Å². The predicted octanol–water partition coefficient (Wildman–Crippen LogP) is 11.8. The molecule has 0 bridgehead atoms. The molecule has 4 nitrogen and oxygen atoms in total. The smallest absolute Gasteiger partial charge is 0.462 e. The lowest BCUT2D eigenvalue weighted by Gasteiger charge is -2.40. The summed E-state index contributed by atoms with van der Waals surface area (Å²) in [5, 5.41) is 0. The lowest BCUT2D eigenvalue weighted by molar-refractivity contribution is -0.552. The molecule has 0 rings (SSSR count). The van der Waals surface area contributed by atoms with Crippen molar-refractivity contribution in [3.8, 4) is 0 Å². The van der Waals surface area contributed by atoms with E-state index in [1.54, 1.807) is 0 Å². The Bertz CT molecular complexity index is 988. The van der Waals surface area contributed by atoms with Gasteiger partial charge in [-0.05, 0) is 6.92 Å². The number of hydrogen-bond donors (Lipinski definition) is 0. The van der Waals surface area contributed by atoms with Crippen LogP contribution in [0.15, 0.2) is 38.3 Å². The minimum atomic E-state index is -7.89. The van der Waals surface area contributed by atoms with Crippen molar-refractivity contribution in [3.05, 3.63) is 38.3 Å². The Labute approximate surface area is 272 Å². The van der Waals surface area contributed by atoms with E-state index in [9.17, 15) is 105 Å². The average Bonchev–Trinajstić information content (AvgIpc) is 2.91. The van der Waals surface area contributed by atoms with Crippen LogP contribution in [0.4, 0.5) is 105 Å². The second-order valence-corrected chi connectivity index (χ2v) is 7.69. The highest BCUT2D eigenvalue weighted by Crippen LogP contribution is 2.56. The second kappa shape index (κ2) is 20.9. The summed E-state index contributed by atoms with van der Waals surface area (Å²) in [5.74, 6) is -25.3. The van der Waals surface area contributed by atoms with E-state index in [1.807, 2.05) is 4.74 Å². The summed E-state index contributed by atoms with van der Waals surface area (Å²) in [6.45, 7) is 4.53. The van der Waals surface area contributed by atoms with Crippen molar-refractivity contribution in [2.45, 2.75) is 88.4 Å². The molecular weight excluding hydrogens is 796 g/mol. The first kappa shape index (κ1) is 60.2. The van der Waals surface area contributed by atoms with Crippen LogP contribution in [0.1, 0.15) is 21.8 Å². The zero-order chi connectivity index (χ0) is 40.9. The number of allylic oxidation sites excluding steroid dienone is 1. The van der Waals surface area contributed by atoms with Gasteiger partial charge < -0.3 is 9.47 Å². The minimum absolute atomic E-state index is 0. The van der Waals surface area contributed by atoms with Crippen molar-refractivity contribution in [1.82, 2.24) is 0 Å². The van der Waals surface area contributed by atoms with Gasteiger partial charge in [-0.15, -0.1) is 0 Å². The van der Waals surface area contributed by atoms with Gasteiger partial charge in [0.15, 0.2) is 19.4 Å². The molecule has 312 valence electrons. The molecule has 0 radical (unpaired) electrons. The van der Waals surface area contributed by atoms with Crippen LogP contribution >= 0.6 is 0 Å². The van der Waals surface area contributed by atoms with Gasteiger partial charge in [0.2, 0.25) is 0 Å². The molecule has 3 unspecified atom stereocenters. The van der Waals surface area contributed by atoms with Gasteiger partial charge in [-0.25, -0.2) is 4.39 Å². The van der Waals surface area contributed by atoms with E-state index >= 15 is 0 Å². The molecule has 0 fully saturated rings. The summed E-state index contributed by atoms with van der Waals surface area (Å²) >= 11 is 0. The zero-order valence-corrected chi connectivity index (χ0v) is 23.5. The van der Waals surface area contributed by atoms with Crippen LogP contribution in [0.3, 0.4) is 0 Å². The fraction of sp³-hybridized carbons (Fsp3) is 0.739. The SMILES string of the molecule is C.C.C=CC(F)(F)F.C=COC(C)C(F)(F)CF.C=COCC(F)(OC(F)(F)C(F)(OC(F)(F)C(F)(F)C(F)(F)F)C(F)(F)F)C(F)(F)F.CF.